The van der Waals surface area contributed by atoms with Gasteiger partial charge in [0.2, 0.25) is 0 Å². The maximum Gasteiger partial charge on any atom is -0.00156 e. The summed E-state index contributed by atoms with van der Waals surface area (Å²) in [6, 6.07) is 11.2. The highest BCUT2D eigenvalue weighted by atomic mass is 31.0. The molecule has 1 atom stereocenters. The minimum absolute atomic E-state index is 0.944. The number of hydrogen-bond donors (Lipinski definition) is 0. The summed E-state index contributed by atoms with van der Waals surface area (Å²) in [5, 5.41) is 4.66. The summed E-state index contributed by atoms with van der Waals surface area (Å²) in [4.78, 5) is 0. The van der Waals surface area contributed by atoms with Crippen LogP contribution in [0.2, 0.25) is 0 Å². The zero-order valence-electron chi connectivity index (χ0n) is 9.42. The van der Waals surface area contributed by atoms with Crippen LogP contribution < -0.4 is 0 Å². The first kappa shape index (κ1) is 10.8. The molecule has 0 aliphatic heterocycles. The van der Waals surface area contributed by atoms with Gasteiger partial charge in [-0.1, -0.05) is 50.5 Å². The van der Waals surface area contributed by atoms with E-state index in [0.29, 0.717) is 0 Å². The molecule has 0 saturated carbocycles. The van der Waals surface area contributed by atoms with Crippen molar-refractivity contribution >= 4 is 18.7 Å². The molecule has 0 fully saturated rings. The van der Waals surface area contributed by atoms with Crippen LogP contribution >= 0.6 is 8.19 Å². The molecular weight excluding hydrogens is 199 g/mol. The van der Waals surface area contributed by atoms with E-state index >= 15 is 0 Å². The average Bonchev–Trinajstić information content (AvgIpc) is 2.67. The Morgan fingerprint density at radius 2 is 1.93 bits per heavy atom. The molecule has 2 aromatic rings. The fourth-order valence-electron chi connectivity index (χ4n) is 2.01. The molecule has 15 heavy (non-hydrogen) atoms. The van der Waals surface area contributed by atoms with Crippen molar-refractivity contribution in [3.05, 3.63) is 35.6 Å². The zero-order chi connectivity index (χ0) is 10.5. The van der Waals surface area contributed by atoms with Crippen molar-refractivity contribution in [1.82, 2.24) is 0 Å². The third kappa shape index (κ3) is 2.86. The van der Waals surface area contributed by atoms with Crippen molar-refractivity contribution in [3.8, 4) is 0 Å². The van der Waals surface area contributed by atoms with Crippen LogP contribution in [-0.2, 0) is 6.42 Å². The molecule has 0 nitrogen and oxygen atoms in total. The van der Waals surface area contributed by atoms with E-state index in [0.717, 1.165) is 8.19 Å². The van der Waals surface area contributed by atoms with Crippen LogP contribution in [0, 0.1) is 0 Å². The fraction of sp³-hybridized carbons (Fsp3) is 0.429. The lowest BCUT2D eigenvalue weighted by molar-refractivity contribution is 0.670. The molecule has 1 heterocycles. The van der Waals surface area contributed by atoms with Crippen molar-refractivity contribution in [2.24, 2.45) is 0 Å². The van der Waals surface area contributed by atoms with Gasteiger partial charge in [-0.05, 0) is 34.7 Å². The monoisotopic (exact) mass is 218 g/mol. The third-order valence-electron chi connectivity index (χ3n) is 2.89. The first-order valence-electron chi connectivity index (χ1n) is 5.97. The lowest BCUT2D eigenvalue weighted by Crippen LogP contribution is -1.80. The largest absolute Gasteiger partial charge is 0.128 e. The van der Waals surface area contributed by atoms with E-state index in [4.69, 9.17) is 0 Å². The molecule has 0 amide bonds. The second-order valence-electron chi connectivity index (χ2n) is 4.19. The third-order valence-corrected chi connectivity index (χ3v) is 4.33. The summed E-state index contributed by atoms with van der Waals surface area (Å²) in [7, 11) is 0.944. The first-order chi connectivity index (χ1) is 7.40. The highest BCUT2D eigenvalue weighted by Crippen LogP contribution is 2.31. The quantitative estimate of drug-likeness (QED) is 0.620. The van der Waals surface area contributed by atoms with Gasteiger partial charge in [-0.15, -0.1) is 8.19 Å². The molecule has 0 spiro atoms. The Balaban J connectivity index is 1.97. The SMILES string of the molecule is CCCCCCc1cc2ccccc2[pH]1. The molecule has 80 valence electrons. The number of unbranched alkanes of at least 4 members (excludes halogenated alkanes) is 3. The van der Waals surface area contributed by atoms with Crippen LogP contribution in [0.15, 0.2) is 30.3 Å². The molecule has 1 aromatic carbocycles. The maximum atomic E-state index is 2.40. The zero-order valence-corrected chi connectivity index (χ0v) is 10.4. The lowest BCUT2D eigenvalue weighted by Gasteiger charge is -1.96. The molecule has 0 bridgehead atoms. The van der Waals surface area contributed by atoms with Crippen molar-refractivity contribution in [2.75, 3.05) is 0 Å². The van der Waals surface area contributed by atoms with Gasteiger partial charge in [-0.3, -0.25) is 0 Å². The van der Waals surface area contributed by atoms with Crippen LogP contribution in [0.4, 0.5) is 0 Å². The highest BCUT2D eigenvalue weighted by molar-refractivity contribution is 7.38. The molecule has 0 radical (unpaired) electrons. The van der Waals surface area contributed by atoms with Crippen molar-refractivity contribution in [2.45, 2.75) is 39.0 Å². The maximum absolute atomic E-state index is 2.40. The van der Waals surface area contributed by atoms with E-state index in [-0.39, 0.29) is 0 Å². The predicted molar refractivity (Wildman–Crippen MR) is 71.3 cm³/mol. The minimum atomic E-state index is 0.944. The van der Waals surface area contributed by atoms with Crippen LogP contribution in [-0.4, -0.2) is 0 Å². The Hall–Kier alpha value is -0.740. The number of aryl methyl sites for hydroxylation is 1. The summed E-state index contributed by atoms with van der Waals surface area (Å²) in [6.07, 6.45) is 6.81. The normalized spacial score (nSPS) is 11.5. The molecule has 2 rings (SSSR count). The van der Waals surface area contributed by atoms with E-state index in [1.165, 1.54) is 37.5 Å². The summed E-state index contributed by atoms with van der Waals surface area (Å²) < 4.78 is 0. The molecule has 1 aromatic heterocycles. The lowest BCUT2D eigenvalue weighted by atomic mass is 10.1. The van der Waals surface area contributed by atoms with Crippen LogP contribution in [0.25, 0.3) is 10.5 Å². The summed E-state index contributed by atoms with van der Waals surface area (Å²) in [6.45, 7) is 2.27. The van der Waals surface area contributed by atoms with Gasteiger partial charge in [-0.2, -0.15) is 0 Å². The summed E-state index contributed by atoms with van der Waals surface area (Å²) in [5.74, 6) is 0. The van der Waals surface area contributed by atoms with Gasteiger partial charge in [0.25, 0.3) is 0 Å². The number of rotatable bonds is 5. The second-order valence-corrected chi connectivity index (χ2v) is 5.62. The van der Waals surface area contributed by atoms with Crippen LogP contribution in [0.3, 0.4) is 0 Å². The Morgan fingerprint density at radius 1 is 1.07 bits per heavy atom. The van der Waals surface area contributed by atoms with E-state index in [1.54, 1.807) is 10.4 Å². The van der Waals surface area contributed by atoms with Gasteiger partial charge in [0.15, 0.2) is 0 Å². The molecule has 0 aliphatic rings. The predicted octanol–water partition coefficient (Wildman–Crippen LogP) is 4.99. The molecule has 1 heteroatoms. The van der Waals surface area contributed by atoms with E-state index in [1.807, 2.05) is 0 Å². The Labute approximate surface area is 93.8 Å². The molecule has 0 N–H and O–H groups in total. The van der Waals surface area contributed by atoms with Gasteiger partial charge in [0.05, 0.1) is 0 Å². The standard InChI is InChI=1S/C14H19P/c1-2-3-4-5-9-13-11-12-8-6-7-10-14(12)15-13/h6-8,10-11,15H,2-5,9H2,1H3. The van der Waals surface area contributed by atoms with Gasteiger partial charge < -0.3 is 0 Å². The van der Waals surface area contributed by atoms with E-state index < -0.39 is 0 Å². The highest BCUT2D eigenvalue weighted by Gasteiger charge is 1.99. The van der Waals surface area contributed by atoms with Crippen LogP contribution in [0.5, 0.6) is 0 Å². The van der Waals surface area contributed by atoms with Crippen LogP contribution in [0.1, 0.15) is 37.9 Å². The van der Waals surface area contributed by atoms with Gasteiger partial charge in [0.1, 0.15) is 0 Å². The van der Waals surface area contributed by atoms with Crippen molar-refractivity contribution in [1.29, 1.82) is 0 Å². The number of benzene rings is 1. The summed E-state index contributed by atoms with van der Waals surface area (Å²) in [5.41, 5.74) is 0. The van der Waals surface area contributed by atoms with E-state index in [9.17, 15) is 0 Å². The molecule has 0 aliphatic carbocycles. The van der Waals surface area contributed by atoms with Gasteiger partial charge in [0, 0.05) is 0 Å². The molecule has 1 unspecified atom stereocenters. The number of hydrogen-bond acceptors (Lipinski definition) is 0. The Morgan fingerprint density at radius 3 is 2.73 bits per heavy atom. The fourth-order valence-corrected chi connectivity index (χ4v) is 3.37. The average molecular weight is 218 g/mol. The van der Waals surface area contributed by atoms with E-state index in [2.05, 4.69) is 37.3 Å². The second kappa shape index (κ2) is 5.37. The van der Waals surface area contributed by atoms with Crippen molar-refractivity contribution in [3.63, 3.8) is 0 Å². The van der Waals surface area contributed by atoms with Gasteiger partial charge >= 0.3 is 0 Å². The van der Waals surface area contributed by atoms with Crippen molar-refractivity contribution < 1.29 is 0 Å². The molecule has 0 saturated heterocycles. The Kier molecular flexibility index (Phi) is 3.86. The van der Waals surface area contributed by atoms with Gasteiger partial charge in [-0.25, -0.2) is 0 Å². The smallest absolute Gasteiger partial charge is 0.00156 e. The molecular formula is C14H19P. The number of fused-ring (bicyclic) bond motifs is 1. The minimum Gasteiger partial charge on any atom is -0.128 e. The topological polar surface area (TPSA) is 0 Å². The first-order valence-corrected chi connectivity index (χ1v) is 6.97. The summed E-state index contributed by atoms with van der Waals surface area (Å²) >= 11 is 0. The Bertz CT molecular complexity index is 381.